The van der Waals surface area contributed by atoms with Gasteiger partial charge in [-0.2, -0.15) is 15.0 Å². The van der Waals surface area contributed by atoms with Gasteiger partial charge in [0.15, 0.2) is 0 Å². The van der Waals surface area contributed by atoms with E-state index < -0.39 is 5.82 Å². The van der Waals surface area contributed by atoms with E-state index in [2.05, 4.69) is 36.2 Å². The largest absolute Gasteiger partial charge is 0.368 e. The third kappa shape index (κ3) is 3.28. The van der Waals surface area contributed by atoms with Crippen molar-refractivity contribution in [2.45, 2.75) is 0 Å². The number of hydrogen-bond donors (Lipinski definition) is 2. The summed E-state index contributed by atoms with van der Waals surface area (Å²) in [6.07, 6.45) is 0. The van der Waals surface area contributed by atoms with E-state index >= 15 is 0 Å². The van der Waals surface area contributed by atoms with Gasteiger partial charge in [0.25, 0.3) is 0 Å². The molecule has 100 valence electrons. The molecule has 0 saturated heterocycles. The summed E-state index contributed by atoms with van der Waals surface area (Å²) < 4.78 is 14.3. The van der Waals surface area contributed by atoms with Crippen LogP contribution in [0.4, 0.5) is 27.9 Å². The molecule has 0 unspecified atom stereocenters. The Hall–Kier alpha value is -1.96. The maximum atomic E-state index is 13.7. The molecular weight excluding hydrogens is 315 g/mol. The Labute approximate surface area is 118 Å². The fraction of sp³-hybridized carbons (Fsp3) is 0.182. The van der Waals surface area contributed by atoms with Crippen LogP contribution in [0.15, 0.2) is 22.7 Å². The predicted octanol–water partition coefficient (Wildman–Crippen LogP) is 2.17. The molecule has 0 bridgehead atoms. The molecule has 2 aromatic rings. The van der Waals surface area contributed by atoms with E-state index in [0.717, 1.165) is 0 Å². The summed E-state index contributed by atoms with van der Waals surface area (Å²) in [6.45, 7) is 0. The van der Waals surface area contributed by atoms with Crippen LogP contribution in [0.1, 0.15) is 0 Å². The van der Waals surface area contributed by atoms with Crippen molar-refractivity contribution in [1.82, 2.24) is 15.0 Å². The lowest BCUT2D eigenvalue weighted by atomic mass is 10.3. The van der Waals surface area contributed by atoms with Gasteiger partial charge in [0, 0.05) is 18.6 Å². The Morgan fingerprint density at radius 3 is 2.63 bits per heavy atom. The van der Waals surface area contributed by atoms with Crippen LogP contribution < -0.4 is 16.0 Å². The first-order chi connectivity index (χ1) is 8.95. The topological polar surface area (TPSA) is 80.0 Å². The van der Waals surface area contributed by atoms with Gasteiger partial charge in [-0.05, 0) is 18.2 Å². The molecule has 0 amide bonds. The second kappa shape index (κ2) is 5.35. The number of aromatic nitrogens is 3. The summed E-state index contributed by atoms with van der Waals surface area (Å²) >= 11 is 3.19. The number of hydrogen-bond acceptors (Lipinski definition) is 6. The third-order valence-corrected chi connectivity index (χ3v) is 2.71. The van der Waals surface area contributed by atoms with Crippen molar-refractivity contribution >= 4 is 39.5 Å². The van der Waals surface area contributed by atoms with Crippen LogP contribution >= 0.6 is 15.9 Å². The molecule has 0 spiro atoms. The van der Waals surface area contributed by atoms with E-state index in [1.807, 2.05) is 0 Å². The van der Waals surface area contributed by atoms with E-state index in [0.29, 0.717) is 10.4 Å². The minimum Gasteiger partial charge on any atom is -0.368 e. The van der Waals surface area contributed by atoms with Crippen molar-refractivity contribution in [3.8, 4) is 0 Å². The van der Waals surface area contributed by atoms with E-state index in [4.69, 9.17) is 5.73 Å². The highest BCUT2D eigenvalue weighted by Gasteiger charge is 2.09. The average molecular weight is 327 g/mol. The average Bonchev–Trinajstić information content (AvgIpc) is 2.32. The molecule has 8 heteroatoms. The number of rotatable bonds is 3. The number of nitrogens with zero attached hydrogens (tertiary/aromatic N) is 4. The Balaban J connectivity index is 2.32. The predicted molar refractivity (Wildman–Crippen MR) is 75.9 cm³/mol. The molecule has 1 aromatic carbocycles. The number of nitrogens with one attached hydrogen (secondary N) is 1. The monoisotopic (exact) mass is 326 g/mol. The fourth-order valence-corrected chi connectivity index (χ4v) is 1.68. The van der Waals surface area contributed by atoms with Crippen molar-refractivity contribution < 1.29 is 4.39 Å². The molecule has 0 aliphatic rings. The van der Waals surface area contributed by atoms with Gasteiger partial charge < -0.3 is 16.0 Å². The van der Waals surface area contributed by atoms with Crippen LogP contribution in [0.5, 0.6) is 0 Å². The smallest absolute Gasteiger partial charge is 0.233 e. The van der Waals surface area contributed by atoms with Crippen molar-refractivity contribution in [1.29, 1.82) is 0 Å². The van der Waals surface area contributed by atoms with Gasteiger partial charge in [0.1, 0.15) is 5.82 Å². The van der Waals surface area contributed by atoms with Crippen molar-refractivity contribution in [3.05, 3.63) is 28.5 Å². The molecule has 0 atom stereocenters. The quantitative estimate of drug-likeness (QED) is 0.899. The molecule has 1 heterocycles. The van der Waals surface area contributed by atoms with E-state index in [-0.39, 0.29) is 17.6 Å². The van der Waals surface area contributed by atoms with Gasteiger partial charge >= 0.3 is 0 Å². The number of anilines is 4. The summed E-state index contributed by atoms with van der Waals surface area (Å²) in [4.78, 5) is 13.7. The molecule has 0 saturated carbocycles. The summed E-state index contributed by atoms with van der Waals surface area (Å²) in [5, 5.41) is 2.77. The standard InChI is InChI=1S/C11H12BrFN6/c1-19(2)11-17-9(14)16-10(18-11)15-8-4-3-6(12)5-7(8)13/h3-5H,1-2H3,(H3,14,15,16,17,18). The highest BCUT2D eigenvalue weighted by atomic mass is 79.9. The molecule has 0 aliphatic carbocycles. The molecule has 3 N–H and O–H groups in total. The highest BCUT2D eigenvalue weighted by Crippen LogP contribution is 2.22. The molecule has 0 radical (unpaired) electrons. The minimum absolute atomic E-state index is 0.0683. The first-order valence-corrected chi connectivity index (χ1v) is 6.16. The molecule has 0 fully saturated rings. The molecule has 19 heavy (non-hydrogen) atoms. The van der Waals surface area contributed by atoms with Crippen molar-refractivity contribution in [2.75, 3.05) is 30.0 Å². The van der Waals surface area contributed by atoms with E-state index in [1.165, 1.54) is 6.07 Å². The van der Waals surface area contributed by atoms with Crippen LogP contribution in [0.3, 0.4) is 0 Å². The highest BCUT2D eigenvalue weighted by molar-refractivity contribution is 9.10. The van der Waals surface area contributed by atoms with E-state index in [9.17, 15) is 4.39 Å². The minimum atomic E-state index is -0.417. The zero-order valence-corrected chi connectivity index (χ0v) is 11.9. The van der Waals surface area contributed by atoms with Gasteiger partial charge in [0.2, 0.25) is 17.8 Å². The van der Waals surface area contributed by atoms with Gasteiger partial charge in [-0.25, -0.2) is 4.39 Å². The van der Waals surface area contributed by atoms with Gasteiger partial charge in [-0.1, -0.05) is 15.9 Å². The zero-order valence-electron chi connectivity index (χ0n) is 10.4. The second-order valence-electron chi connectivity index (χ2n) is 3.96. The first-order valence-electron chi connectivity index (χ1n) is 5.36. The summed E-state index contributed by atoms with van der Waals surface area (Å²) in [5.41, 5.74) is 5.85. The maximum absolute atomic E-state index is 13.7. The Morgan fingerprint density at radius 2 is 2.00 bits per heavy atom. The Kier molecular flexibility index (Phi) is 3.79. The lowest BCUT2D eigenvalue weighted by Gasteiger charge is -2.12. The molecule has 0 aliphatic heterocycles. The molecule has 6 nitrogen and oxygen atoms in total. The lowest BCUT2D eigenvalue weighted by Crippen LogP contribution is -2.15. The molecular formula is C11H12BrFN6. The molecule has 1 aromatic heterocycles. The first kappa shape index (κ1) is 13.5. The van der Waals surface area contributed by atoms with Gasteiger partial charge in [-0.3, -0.25) is 0 Å². The van der Waals surface area contributed by atoms with Gasteiger partial charge in [0.05, 0.1) is 5.69 Å². The Bertz CT molecular complexity index is 604. The summed E-state index contributed by atoms with van der Waals surface area (Å²) in [5.74, 6) is 0.239. The fourth-order valence-electron chi connectivity index (χ4n) is 1.35. The van der Waals surface area contributed by atoms with Crippen LogP contribution in [-0.4, -0.2) is 29.0 Å². The van der Waals surface area contributed by atoms with Crippen molar-refractivity contribution in [3.63, 3.8) is 0 Å². The van der Waals surface area contributed by atoms with Crippen LogP contribution in [-0.2, 0) is 0 Å². The van der Waals surface area contributed by atoms with Crippen LogP contribution in [0.25, 0.3) is 0 Å². The second-order valence-corrected chi connectivity index (χ2v) is 4.88. The number of nitrogens with two attached hydrogens (primary N) is 1. The molecule has 2 rings (SSSR count). The zero-order chi connectivity index (χ0) is 14.0. The SMILES string of the molecule is CN(C)c1nc(N)nc(Nc2ccc(Br)cc2F)n1. The summed E-state index contributed by atoms with van der Waals surface area (Å²) in [7, 11) is 3.55. The lowest BCUT2D eigenvalue weighted by molar-refractivity contribution is 0.630. The van der Waals surface area contributed by atoms with Crippen LogP contribution in [0.2, 0.25) is 0 Å². The normalized spacial score (nSPS) is 10.3. The number of halogens is 2. The maximum Gasteiger partial charge on any atom is 0.233 e. The number of nitrogen functional groups attached to an aromatic ring is 1. The third-order valence-electron chi connectivity index (χ3n) is 2.22. The summed E-state index contributed by atoms with van der Waals surface area (Å²) in [6, 6.07) is 4.64. The van der Waals surface area contributed by atoms with E-state index in [1.54, 1.807) is 31.1 Å². The van der Waals surface area contributed by atoms with Crippen LogP contribution in [0, 0.1) is 5.82 Å². The van der Waals surface area contributed by atoms with Gasteiger partial charge in [-0.15, -0.1) is 0 Å². The Morgan fingerprint density at radius 1 is 1.26 bits per heavy atom. The van der Waals surface area contributed by atoms with Crippen molar-refractivity contribution in [2.24, 2.45) is 0 Å². The number of benzene rings is 1.